The fourth-order valence-corrected chi connectivity index (χ4v) is 2.92. The molecule has 0 aliphatic heterocycles. The monoisotopic (exact) mass is 337 g/mol. The molecular weight excluding hydrogens is 318 g/mol. The van der Waals surface area contributed by atoms with Gasteiger partial charge in [0.25, 0.3) is 5.91 Å². The van der Waals surface area contributed by atoms with E-state index in [9.17, 15) is 4.79 Å². The zero-order chi connectivity index (χ0) is 16.9. The summed E-state index contributed by atoms with van der Waals surface area (Å²) >= 11 is 1.71. The van der Waals surface area contributed by atoms with Crippen molar-refractivity contribution in [3.8, 4) is 11.1 Å². The predicted molar refractivity (Wildman–Crippen MR) is 98.0 cm³/mol. The number of nitrogens with zero attached hydrogens (tertiary/aromatic N) is 2. The molecule has 3 aromatic rings. The van der Waals surface area contributed by atoms with Gasteiger partial charge in [-0.05, 0) is 47.7 Å². The van der Waals surface area contributed by atoms with Gasteiger partial charge in [0, 0.05) is 42.6 Å². The third-order valence-electron chi connectivity index (χ3n) is 3.86. The summed E-state index contributed by atoms with van der Waals surface area (Å²) in [5.74, 6) is -0.0771. The molecule has 1 amide bonds. The molecule has 24 heavy (non-hydrogen) atoms. The number of thioether (sulfide) groups is 1. The van der Waals surface area contributed by atoms with Gasteiger partial charge in [-0.1, -0.05) is 12.1 Å². The standard InChI is InChI=1S/C19H19N3OS/c1-22-13-16(15-7-9-20-10-8-15)11-18(22)19(23)21-12-14-3-5-17(24-2)6-4-14/h3-11,13H,12H2,1-2H3,(H,21,23). The number of pyridine rings is 1. The van der Waals surface area contributed by atoms with E-state index in [0.717, 1.165) is 16.7 Å². The number of aromatic nitrogens is 2. The summed E-state index contributed by atoms with van der Waals surface area (Å²) in [6.45, 7) is 0.517. The van der Waals surface area contributed by atoms with Crippen LogP contribution in [0, 0.1) is 0 Å². The first-order chi connectivity index (χ1) is 11.7. The molecule has 0 spiro atoms. The van der Waals surface area contributed by atoms with Crippen molar-refractivity contribution < 1.29 is 4.79 Å². The van der Waals surface area contributed by atoms with Crippen molar-refractivity contribution >= 4 is 17.7 Å². The Balaban J connectivity index is 1.69. The van der Waals surface area contributed by atoms with Crippen LogP contribution < -0.4 is 5.32 Å². The van der Waals surface area contributed by atoms with Gasteiger partial charge in [-0.15, -0.1) is 11.8 Å². The fraction of sp³-hybridized carbons (Fsp3) is 0.158. The quantitative estimate of drug-likeness (QED) is 0.722. The lowest BCUT2D eigenvalue weighted by Crippen LogP contribution is -2.24. The Morgan fingerprint density at radius 3 is 2.50 bits per heavy atom. The van der Waals surface area contributed by atoms with Crippen molar-refractivity contribution in [2.45, 2.75) is 11.4 Å². The zero-order valence-electron chi connectivity index (χ0n) is 13.7. The first-order valence-electron chi connectivity index (χ1n) is 7.65. The topological polar surface area (TPSA) is 46.9 Å². The molecule has 2 heterocycles. The van der Waals surface area contributed by atoms with Crippen molar-refractivity contribution in [2.75, 3.05) is 6.26 Å². The minimum absolute atomic E-state index is 0.0771. The molecule has 0 atom stereocenters. The smallest absolute Gasteiger partial charge is 0.268 e. The normalized spacial score (nSPS) is 10.6. The van der Waals surface area contributed by atoms with E-state index in [4.69, 9.17) is 0 Å². The Bertz CT molecular complexity index is 826. The number of hydrogen-bond acceptors (Lipinski definition) is 3. The van der Waals surface area contributed by atoms with Gasteiger partial charge in [-0.3, -0.25) is 9.78 Å². The van der Waals surface area contributed by atoms with Crippen LogP contribution in [0.3, 0.4) is 0 Å². The van der Waals surface area contributed by atoms with Crippen LogP contribution in [0.1, 0.15) is 16.1 Å². The maximum atomic E-state index is 12.5. The summed E-state index contributed by atoms with van der Waals surface area (Å²) in [6.07, 6.45) is 7.50. The Morgan fingerprint density at radius 1 is 1.12 bits per heavy atom. The minimum Gasteiger partial charge on any atom is -0.347 e. The molecule has 0 saturated heterocycles. The second-order valence-corrected chi connectivity index (χ2v) is 6.37. The number of carbonyl (C=O) groups excluding carboxylic acids is 1. The molecule has 1 N–H and O–H groups in total. The molecule has 0 aliphatic rings. The van der Waals surface area contributed by atoms with Crippen LogP contribution >= 0.6 is 11.8 Å². The van der Waals surface area contributed by atoms with Gasteiger partial charge in [0.2, 0.25) is 0 Å². The molecule has 0 radical (unpaired) electrons. The van der Waals surface area contributed by atoms with Crippen LogP contribution in [0.25, 0.3) is 11.1 Å². The first kappa shape index (κ1) is 16.3. The average Bonchev–Trinajstić information content (AvgIpc) is 3.03. The second-order valence-electron chi connectivity index (χ2n) is 5.49. The van der Waals surface area contributed by atoms with Gasteiger partial charge in [-0.25, -0.2) is 0 Å². The molecule has 3 rings (SSSR count). The second kappa shape index (κ2) is 7.36. The van der Waals surface area contributed by atoms with E-state index >= 15 is 0 Å². The van der Waals surface area contributed by atoms with E-state index in [-0.39, 0.29) is 5.91 Å². The van der Waals surface area contributed by atoms with E-state index in [1.165, 1.54) is 4.90 Å². The zero-order valence-corrected chi connectivity index (χ0v) is 14.5. The van der Waals surface area contributed by atoms with Crippen molar-refractivity contribution in [2.24, 2.45) is 7.05 Å². The maximum absolute atomic E-state index is 12.5. The molecule has 1 aromatic carbocycles. The van der Waals surface area contributed by atoms with Crippen molar-refractivity contribution in [1.29, 1.82) is 0 Å². The SMILES string of the molecule is CSc1ccc(CNC(=O)c2cc(-c3ccncc3)cn2C)cc1. The number of carbonyl (C=O) groups is 1. The van der Waals surface area contributed by atoms with Gasteiger partial charge in [0.15, 0.2) is 0 Å². The van der Waals surface area contributed by atoms with E-state index in [1.54, 1.807) is 24.2 Å². The van der Waals surface area contributed by atoms with E-state index in [0.29, 0.717) is 12.2 Å². The van der Waals surface area contributed by atoms with Crippen LogP contribution in [-0.2, 0) is 13.6 Å². The highest BCUT2D eigenvalue weighted by Crippen LogP contribution is 2.21. The number of aryl methyl sites for hydroxylation is 1. The summed E-state index contributed by atoms with van der Waals surface area (Å²) in [4.78, 5) is 17.7. The van der Waals surface area contributed by atoms with E-state index in [2.05, 4.69) is 22.4 Å². The third-order valence-corrected chi connectivity index (χ3v) is 4.61. The van der Waals surface area contributed by atoms with Gasteiger partial charge < -0.3 is 9.88 Å². The molecule has 0 unspecified atom stereocenters. The summed E-state index contributed by atoms with van der Waals surface area (Å²) in [5.41, 5.74) is 3.79. The Labute approximate surface area is 145 Å². The molecule has 2 aromatic heterocycles. The minimum atomic E-state index is -0.0771. The Kier molecular flexibility index (Phi) is 5.01. The molecule has 0 aliphatic carbocycles. The lowest BCUT2D eigenvalue weighted by atomic mass is 10.1. The van der Waals surface area contributed by atoms with Gasteiger partial charge in [0.05, 0.1) is 0 Å². The highest BCUT2D eigenvalue weighted by molar-refractivity contribution is 7.98. The lowest BCUT2D eigenvalue weighted by Gasteiger charge is -2.06. The highest BCUT2D eigenvalue weighted by Gasteiger charge is 2.12. The fourth-order valence-electron chi connectivity index (χ4n) is 2.51. The van der Waals surface area contributed by atoms with Crippen molar-refractivity contribution in [3.63, 3.8) is 0 Å². The summed E-state index contributed by atoms with van der Waals surface area (Å²) < 4.78 is 1.85. The van der Waals surface area contributed by atoms with Gasteiger partial charge in [-0.2, -0.15) is 0 Å². The molecule has 122 valence electrons. The van der Waals surface area contributed by atoms with Crippen LogP contribution in [0.5, 0.6) is 0 Å². The number of hydrogen-bond donors (Lipinski definition) is 1. The maximum Gasteiger partial charge on any atom is 0.268 e. The summed E-state index contributed by atoms with van der Waals surface area (Å²) in [6, 6.07) is 14.0. The number of rotatable bonds is 5. The van der Waals surface area contributed by atoms with Crippen molar-refractivity contribution in [3.05, 3.63) is 72.3 Å². The van der Waals surface area contributed by atoms with Crippen LogP contribution in [0.4, 0.5) is 0 Å². The van der Waals surface area contributed by atoms with Crippen LogP contribution in [-0.4, -0.2) is 21.7 Å². The summed E-state index contributed by atoms with van der Waals surface area (Å²) in [5, 5.41) is 2.98. The third kappa shape index (κ3) is 3.68. The molecule has 0 bridgehead atoms. The van der Waals surface area contributed by atoms with E-state index in [1.807, 2.05) is 54.4 Å². The molecule has 0 fully saturated rings. The Hall–Kier alpha value is -2.53. The van der Waals surface area contributed by atoms with Crippen LogP contribution in [0.2, 0.25) is 0 Å². The average molecular weight is 337 g/mol. The molecular formula is C19H19N3OS. The van der Waals surface area contributed by atoms with Gasteiger partial charge >= 0.3 is 0 Å². The largest absolute Gasteiger partial charge is 0.347 e. The summed E-state index contributed by atoms with van der Waals surface area (Å²) in [7, 11) is 1.88. The van der Waals surface area contributed by atoms with Gasteiger partial charge in [0.1, 0.15) is 5.69 Å². The number of benzene rings is 1. The molecule has 4 nitrogen and oxygen atoms in total. The van der Waals surface area contributed by atoms with Crippen molar-refractivity contribution in [1.82, 2.24) is 14.9 Å². The highest BCUT2D eigenvalue weighted by atomic mass is 32.2. The molecule has 5 heteroatoms. The Morgan fingerprint density at radius 2 is 1.83 bits per heavy atom. The first-order valence-corrected chi connectivity index (χ1v) is 8.88. The van der Waals surface area contributed by atoms with Crippen LogP contribution in [0.15, 0.2) is 66.0 Å². The predicted octanol–water partition coefficient (Wildman–Crippen LogP) is 3.74. The number of nitrogens with one attached hydrogen (secondary N) is 1. The molecule has 0 saturated carbocycles. The number of amides is 1. The lowest BCUT2D eigenvalue weighted by molar-refractivity contribution is 0.0943. The van der Waals surface area contributed by atoms with E-state index < -0.39 is 0 Å².